The molecule has 60 valence electrons. The van der Waals surface area contributed by atoms with Gasteiger partial charge in [0.2, 0.25) is 0 Å². The fourth-order valence-electron chi connectivity index (χ4n) is 0.874. The summed E-state index contributed by atoms with van der Waals surface area (Å²) in [6.07, 6.45) is 1.71. The van der Waals surface area contributed by atoms with Crippen molar-refractivity contribution in [3.8, 4) is 0 Å². The van der Waals surface area contributed by atoms with E-state index in [0.29, 0.717) is 0 Å². The van der Waals surface area contributed by atoms with Gasteiger partial charge in [-0.25, -0.2) is 0 Å². The minimum atomic E-state index is 0.134. The summed E-state index contributed by atoms with van der Waals surface area (Å²) < 4.78 is 0.840. The van der Waals surface area contributed by atoms with Crippen molar-refractivity contribution in [2.24, 2.45) is 0 Å². The number of halogens is 1. The smallest absolute Gasteiger partial charge is 0.132 e. The zero-order chi connectivity index (χ0) is 8.48. The van der Waals surface area contributed by atoms with Crippen LogP contribution < -0.4 is 0 Å². The Morgan fingerprint density at radius 2 is 2.00 bits per heavy atom. The highest BCUT2D eigenvalue weighted by Crippen LogP contribution is 2.26. The van der Waals surface area contributed by atoms with Crippen LogP contribution in [0.4, 0.5) is 0 Å². The largest absolute Gasteiger partial charge is 0.158 e. The van der Waals surface area contributed by atoms with E-state index in [-0.39, 0.29) is 5.41 Å². The number of nitrogens with zero attached hydrogens (tertiary/aromatic N) is 2. The van der Waals surface area contributed by atoms with Crippen molar-refractivity contribution in [2.75, 3.05) is 0 Å². The molecule has 1 heterocycles. The van der Waals surface area contributed by atoms with Crippen molar-refractivity contribution in [3.05, 3.63) is 22.4 Å². The minimum absolute atomic E-state index is 0.134. The van der Waals surface area contributed by atoms with Crippen LogP contribution in [0.5, 0.6) is 0 Å². The van der Waals surface area contributed by atoms with E-state index in [1.807, 2.05) is 6.07 Å². The van der Waals surface area contributed by atoms with E-state index < -0.39 is 0 Å². The van der Waals surface area contributed by atoms with Gasteiger partial charge >= 0.3 is 0 Å². The number of aromatic nitrogens is 2. The highest BCUT2D eigenvalue weighted by molar-refractivity contribution is 9.10. The van der Waals surface area contributed by atoms with Crippen molar-refractivity contribution in [3.63, 3.8) is 0 Å². The fraction of sp³-hybridized carbons (Fsp3) is 0.500. The second-order valence-electron chi connectivity index (χ2n) is 3.49. The van der Waals surface area contributed by atoms with Crippen molar-refractivity contribution >= 4 is 15.9 Å². The molecule has 0 bridgehead atoms. The highest BCUT2D eigenvalue weighted by Gasteiger charge is 2.16. The van der Waals surface area contributed by atoms with Crippen molar-refractivity contribution in [2.45, 2.75) is 26.2 Å². The van der Waals surface area contributed by atoms with E-state index in [4.69, 9.17) is 0 Å². The molecule has 0 aliphatic rings. The van der Waals surface area contributed by atoms with E-state index in [1.54, 1.807) is 6.20 Å². The van der Waals surface area contributed by atoms with E-state index in [2.05, 4.69) is 46.9 Å². The molecule has 3 heteroatoms. The molecule has 2 nitrogen and oxygen atoms in total. The van der Waals surface area contributed by atoms with Crippen LogP contribution >= 0.6 is 15.9 Å². The Hall–Kier alpha value is -0.440. The molecule has 0 saturated carbocycles. The normalized spacial score (nSPS) is 11.6. The molecule has 1 aromatic rings. The van der Waals surface area contributed by atoms with Gasteiger partial charge < -0.3 is 0 Å². The Morgan fingerprint density at radius 3 is 2.36 bits per heavy atom. The van der Waals surface area contributed by atoms with E-state index in [0.717, 1.165) is 4.60 Å². The third-order valence-electron chi connectivity index (χ3n) is 1.48. The molecule has 0 atom stereocenters. The number of rotatable bonds is 0. The Kier molecular flexibility index (Phi) is 2.28. The molecule has 0 aromatic carbocycles. The van der Waals surface area contributed by atoms with Crippen LogP contribution in [-0.4, -0.2) is 10.2 Å². The van der Waals surface area contributed by atoms with Crippen LogP contribution in [0.25, 0.3) is 0 Å². The Balaban J connectivity index is 3.14. The highest BCUT2D eigenvalue weighted by atomic mass is 79.9. The quantitative estimate of drug-likeness (QED) is 0.664. The van der Waals surface area contributed by atoms with Gasteiger partial charge in [-0.1, -0.05) is 20.8 Å². The van der Waals surface area contributed by atoms with Crippen molar-refractivity contribution in [1.29, 1.82) is 0 Å². The van der Waals surface area contributed by atoms with Gasteiger partial charge in [-0.05, 0) is 33.0 Å². The first-order valence-corrected chi connectivity index (χ1v) is 4.29. The SMILES string of the molecule is CC(C)(C)c1ccnnc1Br. The van der Waals surface area contributed by atoms with Gasteiger partial charge in [-0.3, -0.25) is 0 Å². The van der Waals surface area contributed by atoms with Crippen molar-refractivity contribution in [1.82, 2.24) is 10.2 Å². The average Bonchev–Trinajstić information content (AvgIpc) is 1.86. The lowest BCUT2D eigenvalue weighted by atomic mass is 9.89. The summed E-state index contributed by atoms with van der Waals surface area (Å²) in [5, 5.41) is 7.67. The lowest BCUT2D eigenvalue weighted by molar-refractivity contribution is 0.580. The predicted octanol–water partition coefficient (Wildman–Crippen LogP) is 2.54. The van der Waals surface area contributed by atoms with Crippen molar-refractivity contribution < 1.29 is 0 Å². The van der Waals surface area contributed by atoms with Gasteiger partial charge in [0.25, 0.3) is 0 Å². The second-order valence-corrected chi connectivity index (χ2v) is 4.24. The molecule has 0 amide bonds. The van der Waals surface area contributed by atoms with E-state index in [9.17, 15) is 0 Å². The molecular formula is C8H11BrN2. The minimum Gasteiger partial charge on any atom is -0.158 e. The Morgan fingerprint density at radius 1 is 1.36 bits per heavy atom. The van der Waals surface area contributed by atoms with Crippen LogP contribution in [0.3, 0.4) is 0 Å². The summed E-state index contributed by atoms with van der Waals surface area (Å²) >= 11 is 3.36. The average molecular weight is 215 g/mol. The molecular weight excluding hydrogens is 204 g/mol. The van der Waals surface area contributed by atoms with Gasteiger partial charge in [0, 0.05) is 6.20 Å². The topological polar surface area (TPSA) is 25.8 Å². The molecule has 11 heavy (non-hydrogen) atoms. The maximum Gasteiger partial charge on any atom is 0.132 e. The van der Waals surface area contributed by atoms with E-state index >= 15 is 0 Å². The molecule has 0 saturated heterocycles. The first-order chi connectivity index (χ1) is 5.02. The lowest BCUT2D eigenvalue weighted by Gasteiger charge is -2.18. The molecule has 0 spiro atoms. The number of hydrogen-bond acceptors (Lipinski definition) is 2. The third-order valence-corrected chi connectivity index (χ3v) is 2.07. The molecule has 1 rings (SSSR count). The lowest BCUT2D eigenvalue weighted by Crippen LogP contribution is -2.12. The van der Waals surface area contributed by atoms with Gasteiger partial charge in [0.1, 0.15) is 4.60 Å². The standard InChI is InChI=1S/C8H11BrN2/c1-8(2,3)6-4-5-10-11-7(6)9/h4-5H,1-3H3. The monoisotopic (exact) mass is 214 g/mol. The van der Waals surface area contributed by atoms with E-state index in [1.165, 1.54) is 5.56 Å². The Bertz CT molecular complexity index is 253. The maximum atomic E-state index is 3.91. The van der Waals surface area contributed by atoms with Gasteiger partial charge in [0.15, 0.2) is 0 Å². The maximum absolute atomic E-state index is 3.91. The zero-order valence-electron chi connectivity index (χ0n) is 6.93. The van der Waals surface area contributed by atoms with Crippen LogP contribution in [-0.2, 0) is 5.41 Å². The summed E-state index contributed by atoms with van der Waals surface area (Å²) in [4.78, 5) is 0. The molecule has 0 fully saturated rings. The molecule has 0 N–H and O–H groups in total. The second kappa shape index (κ2) is 2.89. The Labute approximate surface area is 75.2 Å². The first-order valence-electron chi connectivity index (χ1n) is 3.49. The van der Waals surface area contributed by atoms with Crippen LogP contribution in [0.2, 0.25) is 0 Å². The molecule has 0 aliphatic carbocycles. The molecule has 0 unspecified atom stereocenters. The molecule has 0 radical (unpaired) electrons. The van der Waals surface area contributed by atoms with Gasteiger partial charge in [0.05, 0.1) is 0 Å². The van der Waals surface area contributed by atoms with Crippen LogP contribution in [0.15, 0.2) is 16.9 Å². The summed E-state index contributed by atoms with van der Waals surface area (Å²) in [6.45, 7) is 6.44. The fourth-order valence-corrected chi connectivity index (χ4v) is 1.69. The van der Waals surface area contributed by atoms with Crippen LogP contribution in [0.1, 0.15) is 26.3 Å². The summed E-state index contributed by atoms with van der Waals surface area (Å²) in [5.41, 5.74) is 1.32. The van der Waals surface area contributed by atoms with Gasteiger partial charge in [-0.15, -0.1) is 5.10 Å². The third kappa shape index (κ3) is 1.99. The van der Waals surface area contributed by atoms with Gasteiger partial charge in [-0.2, -0.15) is 5.10 Å². The summed E-state index contributed by atoms with van der Waals surface area (Å²) in [5.74, 6) is 0. The number of hydrogen-bond donors (Lipinski definition) is 0. The molecule has 1 aromatic heterocycles. The summed E-state index contributed by atoms with van der Waals surface area (Å²) in [7, 11) is 0. The predicted molar refractivity (Wildman–Crippen MR) is 48.4 cm³/mol. The molecule has 0 aliphatic heterocycles. The zero-order valence-corrected chi connectivity index (χ0v) is 8.51. The summed E-state index contributed by atoms with van der Waals surface area (Å²) in [6, 6.07) is 1.98. The first kappa shape index (κ1) is 8.65. The van der Waals surface area contributed by atoms with Crippen LogP contribution in [0, 0.1) is 0 Å².